The number of carboxylic acid groups (broad SMARTS) is 1. The van der Waals surface area contributed by atoms with Crippen LogP contribution in [0.2, 0.25) is 0 Å². The standard InChI is InChI=1S/C28H30F3N5O5S/c1-42(39,40)20-8-6-18(7-9-20)17-2-4-19(5-3-17)24(28(29,30)31)41-23-14-22(34-26(32)35-23)36-12-10-27(11-13-36)15-21(25(37)38)33-16-27/h2-9,14,21,24,33H,10-13,15-16H2,1H3,(H,37,38)(H2,32,34,35)/t21-,24?/m0/s1. The van der Waals surface area contributed by atoms with Gasteiger partial charge in [-0.2, -0.15) is 23.1 Å². The minimum absolute atomic E-state index is 0.142. The van der Waals surface area contributed by atoms with Gasteiger partial charge in [-0.15, -0.1) is 0 Å². The molecule has 14 heteroatoms. The summed E-state index contributed by atoms with van der Waals surface area (Å²) >= 11 is 0. The molecule has 3 aromatic rings. The molecule has 0 radical (unpaired) electrons. The van der Waals surface area contributed by atoms with Crippen molar-refractivity contribution in [3.8, 4) is 17.0 Å². The summed E-state index contributed by atoms with van der Waals surface area (Å²) in [6.45, 7) is 1.65. The van der Waals surface area contributed by atoms with E-state index in [4.69, 9.17) is 10.5 Å². The number of aliphatic carboxylic acids is 1. The zero-order chi connectivity index (χ0) is 30.3. The Morgan fingerprint density at radius 2 is 1.69 bits per heavy atom. The fraction of sp³-hybridized carbons (Fsp3) is 0.393. The molecule has 2 atom stereocenters. The zero-order valence-electron chi connectivity index (χ0n) is 22.6. The number of ether oxygens (including phenoxy) is 1. The number of sulfone groups is 1. The maximum atomic E-state index is 14.2. The molecular weight excluding hydrogens is 575 g/mol. The van der Waals surface area contributed by atoms with Gasteiger partial charge in [0.2, 0.25) is 17.9 Å². The third-order valence-corrected chi connectivity index (χ3v) is 9.01. The van der Waals surface area contributed by atoms with Crippen LogP contribution in [0.5, 0.6) is 5.88 Å². The van der Waals surface area contributed by atoms with Gasteiger partial charge in [0.1, 0.15) is 11.9 Å². The van der Waals surface area contributed by atoms with Gasteiger partial charge in [0.15, 0.2) is 9.84 Å². The molecule has 2 aliphatic rings. The van der Waals surface area contributed by atoms with Crippen molar-refractivity contribution in [3.63, 3.8) is 0 Å². The monoisotopic (exact) mass is 605 g/mol. The number of benzene rings is 2. The normalized spacial score (nSPS) is 19.5. The minimum atomic E-state index is -4.77. The van der Waals surface area contributed by atoms with Crippen LogP contribution >= 0.6 is 0 Å². The summed E-state index contributed by atoms with van der Waals surface area (Å²) < 4.78 is 71.3. The van der Waals surface area contributed by atoms with Crippen LogP contribution in [-0.4, -0.2) is 67.6 Å². The highest BCUT2D eigenvalue weighted by molar-refractivity contribution is 7.90. The van der Waals surface area contributed by atoms with Gasteiger partial charge in [-0.3, -0.25) is 4.79 Å². The number of nitrogens with two attached hydrogens (primary N) is 1. The van der Waals surface area contributed by atoms with Crippen LogP contribution in [0.1, 0.15) is 30.9 Å². The van der Waals surface area contributed by atoms with E-state index in [1.807, 2.05) is 4.90 Å². The lowest BCUT2D eigenvalue weighted by molar-refractivity contribution is -0.198. The quantitative estimate of drug-likeness (QED) is 0.363. The average molecular weight is 606 g/mol. The molecule has 1 spiro atoms. The third kappa shape index (κ3) is 6.44. The summed E-state index contributed by atoms with van der Waals surface area (Å²) in [6, 6.07) is 12.4. The zero-order valence-corrected chi connectivity index (χ0v) is 23.5. The second kappa shape index (κ2) is 11.1. The van der Waals surface area contributed by atoms with Crippen molar-refractivity contribution in [2.75, 3.05) is 36.5 Å². The molecule has 2 saturated heterocycles. The van der Waals surface area contributed by atoms with Crippen molar-refractivity contribution < 1.29 is 36.2 Å². The van der Waals surface area contributed by atoms with Crippen molar-refractivity contribution in [2.45, 2.75) is 42.5 Å². The van der Waals surface area contributed by atoms with E-state index in [-0.39, 0.29) is 27.7 Å². The maximum absolute atomic E-state index is 14.2. The number of anilines is 2. The van der Waals surface area contributed by atoms with Crippen LogP contribution < -0.4 is 20.7 Å². The molecule has 2 aromatic carbocycles. The van der Waals surface area contributed by atoms with Crippen molar-refractivity contribution >= 4 is 27.6 Å². The summed E-state index contributed by atoms with van der Waals surface area (Å²) in [5, 5.41) is 12.4. The number of alkyl halides is 3. The summed E-state index contributed by atoms with van der Waals surface area (Å²) in [4.78, 5) is 21.5. The van der Waals surface area contributed by atoms with Crippen LogP contribution in [0.15, 0.2) is 59.5 Å². The molecule has 42 heavy (non-hydrogen) atoms. The molecule has 2 aliphatic heterocycles. The number of halogens is 3. The molecular formula is C28H30F3N5O5S. The molecule has 2 fully saturated rings. The van der Waals surface area contributed by atoms with Crippen LogP contribution in [0.3, 0.4) is 0 Å². The van der Waals surface area contributed by atoms with E-state index in [1.165, 1.54) is 42.5 Å². The van der Waals surface area contributed by atoms with Gasteiger partial charge in [0.25, 0.3) is 0 Å². The Bertz CT molecular complexity index is 1560. The first-order chi connectivity index (χ1) is 19.7. The van der Waals surface area contributed by atoms with E-state index in [2.05, 4.69) is 15.3 Å². The van der Waals surface area contributed by atoms with E-state index in [1.54, 1.807) is 12.1 Å². The Morgan fingerprint density at radius 3 is 2.21 bits per heavy atom. The van der Waals surface area contributed by atoms with E-state index < -0.39 is 34.1 Å². The Balaban J connectivity index is 1.32. The number of carboxylic acids is 1. The van der Waals surface area contributed by atoms with Crippen molar-refractivity contribution in [1.29, 1.82) is 0 Å². The summed E-state index contributed by atoms with van der Waals surface area (Å²) in [6.07, 6.45) is -4.10. The number of carbonyl (C=O) groups is 1. The Morgan fingerprint density at radius 1 is 1.10 bits per heavy atom. The van der Waals surface area contributed by atoms with Gasteiger partial charge in [-0.05, 0) is 47.9 Å². The summed E-state index contributed by atoms with van der Waals surface area (Å²) in [5.74, 6) is -1.10. The van der Waals surface area contributed by atoms with Gasteiger partial charge in [-0.1, -0.05) is 36.4 Å². The number of nitrogens with one attached hydrogen (secondary N) is 1. The Hall–Kier alpha value is -3.91. The molecule has 10 nitrogen and oxygen atoms in total. The number of rotatable bonds is 7. The predicted octanol–water partition coefficient (Wildman–Crippen LogP) is 3.84. The smallest absolute Gasteiger partial charge is 0.429 e. The highest BCUT2D eigenvalue weighted by atomic mass is 32.2. The predicted molar refractivity (Wildman–Crippen MR) is 149 cm³/mol. The molecule has 5 rings (SSSR count). The van der Waals surface area contributed by atoms with Crippen molar-refractivity contribution in [2.24, 2.45) is 5.41 Å². The van der Waals surface area contributed by atoms with E-state index in [9.17, 15) is 31.5 Å². The summed E-state index contributed by atoms with van der Waals surface area (Å²) in [5.41, 5.74) is 6.79. The molecule has 3 heterocycles. The highest BCUT2D eigenvalue weighted by Crippen LogP contribution is 2.41. The fourth-order valence-electron chi connectivity index (χ4n) is 5.52. The third-order valence-electron chi connectivity index (χ3n) is 7.88. The molecule has 0 saturated carbocycles. The van der Waals surface area contributed by atoms with Crippen LogP contribution in [0, 0.1) is 5.41 Å². The molecule has 1 unspecified atom stereocenters. The SMILES string of the molecule is CS(=O)(=O)c1ccc(-c2ccc(C(Oc3cc(N4CCC5(CC4)CN[C@H](C(=O)O)C5)nc(N)n3)C(F)(F)F)cc2)cc1. The lowest BCUT2D eigenvalue weighted by Crippen LogP contribution is -2.41. The van der Waals surface area contributed by atoms with Gasteiger partial charge in [0, 0.05) is 37.5 Å². The molecule has 224 valence electrons. The van der Waals surface area contributed by atoms with E-state index in [0.717, 1.165) is 6.26 Å². The lowest BCUT2D eigenvalue weighted by atomic mass is 9.76. The molecule has 4 N–H and O–H groups in total. The number of piperidine rings is 1. The van der Waals surface area contributed by atoms with Gasteiger partial charge in [0.05, 0.1) is 4.90 Å². The minimum Gasteiger partial charge on any atom is -0.480 e. The van der Waals surface area contributed by atoms with Gasteiger partial charge >= 0.3 is 12.1 Å². The first kappa shape index (κ1) is 29.6. The number of nitrogens with zero attached hydrogens (tertiary/aromatic N) is 3. The van der Waals surface area contributed by atoms with Gasteiger partial charge in [-0.25, -0.2) is 8.42 Å². The topological polar surface area (TPSA) is 148 Å². The number of hydrogen-bond acceptors (Lipinski definition) is 9. The summed E-state index contributed by atoms with van der Waals surface area (Å²) in [7, 11) is -3.38. The van der Waals surface area contributed by atoms with E-state index in [0.29, 0.717) is 55.8 Å². The first-order valence-corrected chi connectivity index (χ1v) is 15.1. The van der Waals surface area contributed by atoms with Crippen molar-refractivity contribution in [3.05, 3.63) is 60.2 Å². The Kier molecular flexibility index (Phi) is 7.79. The highest BCUT2D eigenvalue weighted by Gasteiger charge is 2.45. The second-order valence-electron chi connectivity index (χ2n) is 10.8. The number of hydrogen-bond donors (Lipinski definition) is 3. The van der Waals surface area contributed by atoms with Gasteiger partial charge < -0.3 is 25.8 Å². The molecule has 0 bridgehead atoms. The largest absolute Gasteiger partial charge is 0.480 e. The van der Waals surface area contributed by atoms with Crippen LogP contribution in [-0.2, 0) is 14.6 Å². The maximum Gasteiger partial charge on any atom is 0.429 e. The number of aromatic nitrogens is 2. The lowest BCUT2D eigenvalue weighted by Gasteiger charge is -2.39. The average Bonchev–Trinajstić information content (AvgIpc) is 3.35. The fourth-order valence-corrected chi connectivity index (χ4v) is 6.16. The molecule has 0 aliphatic carbocycles. The Labute approximate surface area is 240 Å². The first-order valence-electron chi connectivity index (χ1n) is 13.2. The van der Waals surface area contributed by atoms with Crippen LogP contribution in [0.25, 0.3) is 11.1 Å². The molecule has 1 aromatic heterocycles. The van der Waals surface area contributed by atoms with Crippen molar-refractivity contribution in [1.82, 2.24) is 15.3 Å². The van der Waals surface area contributed by atoms with Crippen LogP contribution in [0.4, 0.5) is 24.9 Å². The second-order valence-corrected chi connectivity index (χ2v) is 12.9. The number of nitrogen functional groups attached to an aromatic ring is 1. The van der Waals surface area contributed by atoms with E-state index >= 15 is 0 Å². The molecule has 0 amide bonds.